The first kappa shape index (κ1) is 35.4. The van der Waals surface area contributed by atoms with E-state index in [0.717, 1.165) is 62.0 Å². The number of piperazine rings is 1. The number of hydrogen-bond acceptors (Lipinski definition) is 8. The van der Waals surface area contributed by atoms with Crippen molar-refractivity contribution >= 4 is 45.2 Å². The van der Waals surface area contributed by atoms with Gasteiger partial charge in [0.05, 0.1) is 30.3 Å². The van der Waals surface area contributed by atoms with Gasteiger partial charge < -0.3 is 23.8 Å². The van der Waals surface area contributed by atoms with Crippen molar-refractivity contribution < 1.29 is 28.1 Å². The van der Waals surface area contributed by atoms with Crippen molar-refractivity contribution in [2.75, 3.05) is 51.7 Å². The van der Waals surface area contributed by atoms with Crippen LogP contribution in [0.4, 0.5) is 15.0 Å². The van der Waals surface area contributed by atoms with E-state index in [4.69, 9.17) is 35.6 Å². The molecule has 4 aliphatic heterocycles. The van der Waals surface area contributed by atoms with Gasteiger partial charge in [0.15, 0.2) is 12.6 Å². The SMILES string of the molecule is COCOc1cc(-c2c(Cl)cc3c(N4CC5CCC(C4)N5C(=O)OC(C)(C)C)n(CCCCN4C5CCC4COC5)nc3c2F)c2ccccc2c1. The molecule has 0 N–H and O–H groups in total. The van der Waals surface area contributed by atoms with Gasteiger partial charge in [0.2, 0.25) is 0 Å². The maximum Gasteiger partial charge on any atom is 0.410 e. The summed E-state index contributed by atoms with van der Waals surface area (Å²) >= 11 is 7.12. The first-order chi connectivity index (χ1) is 25.1. The fourth-order valence-corrected chi connectivity index (χ4v) is 9.24. The number of unbranched alkanes of at least 4 members (excludes halogenated alkanes) is 1. The fourth-order valence-electron chi connectivity index (χ4n) is 8.94. The molecule has 4 aromatic rings. The van der Waals surface area contributed by atoms with Gasteiger partial charge in [0, 0.05) is 49.8 Å². The average molecular weight is 734 g/mol. The third-order valence-corrected chi connectivity index (χ3v) is 11.5. The number of halogens is 2. The maximum atomic E-state index is 17.2. The van der Waals surface area contributed by atoms with Gasteiger partial charge in [-0.3, -0.25) is 9.80 Å². The molecule has 1 amide bonds. The number of methoxy groups -OCH3 is 1. The Hall–Kier alpha value is -3.64. The number of ether oxygens (including phenoxy) is 4. The third kappa shape index (κ3) is 6.70. The first-order valence-electron chi connectivity index (χ1n) is 18.7. The summed E-state index contributed by atoms with van der Waals surface area (Å²) in [5.74, 6) is 0.956. The van der Waals surface area contributed by atoms with Crippen LogP contribution in [0.1, 0.15) is 59.3 Å². The van der Waals surface area contributed by atoms with E-state index < -0.39 is 11.4 Å². The Bertz CT molecular complexity index is 1930. The molecule has 4 aliphatic rings. The average Bonchev–Trinajstić information content (AvgIpc) is 3.68. The van der Waals surface area contributed by atoms with E-state index >= 15 is 4.39 Å². The molecule has 4 unspecified atom stereocenters. The molecule has 4 saturated heterocycles. The van der Waals surface area contributed by atoms with Crippen molar-refractivity contribution in [2.24, 2.45) is 0 Å². The van der Waals surface area contributed by atoms with Crippen molar-refractivity contribution in [3.63, 3.8) is 0 Å². The van der Waals surface area contributed by atoms with Crippen LogP contribution in [-0.4, -0.2) is 102 Å². The number of benzene rings is 3. The molecule has 4 atom stereocenters. The Morgan fingerprint density at radius 2 is 1.65 bits per heavy atom. The topological polar surface area (TPSA) is 81.5 Å². The lowest BCUT2D eigenvalue weighted by atomic mass is 9.96. The Balaban J connectivity index is 1.15. The zero-order valence-corrected chi connectivity index (χ0v) is 31.3. The molecule has 0 spiro atoms. The quantitative estimate of drug-likeness (QED) is 0.120. The fraction of sp³-hybridized carbons (Fsp3) is 0.550. The van der Waals surface area contributed by atoms with Gasteiger partial charge in [0.1, 0.15) is 22.7 Å². The Morgan fingerprint density at radius 3 is 2.37 bits per heavy atom. The van der Waals surface area contributed by atoms with Gasteiger partial charge >= 0.3 is 6.09 Å². The molecular formula is C40H49ClFN5O5. The van der Waals surface area contributed by atoms with Crippen LogP contribution >= 0.6 is 11.6 Å². The second kappa shape index (κ2) is 14.3. The van der Waals surface area contributed by atoms with E-state index in [1.165, 1.54) is 12.8 Å². The number of carbonyl (C=O) groups is 1. The minimum absolute atomic E-state index is 0.00964. The normalized spacial score (nSPS) is 23.3. The highest BCUT2D eigenvalue weighted by molar-refractivity contribution is 6.35. The number of aryl methyl sites for hydroxylation is 1. The number of amides is 1. The van der Waals surface area contributed by atoms with Crippen LogP contribution in [0.5, 0.6) is 5.75 Å². The molecule has 1 aromatic heterocycles. The summed E-state index contributed by atoms with van der Waals surface area (Å²) in [6, 6.07) is 14.5. The number of fused-ring (bicyclic) bond motifs is 6. The Morgan fingerprint density at radius 1 is 0.962 bits per heavy atom. The molecule has 0 radical (unpaired) electrons. The monoisotopic (exact) mass is 733 g/mol. The van der Waals surface area contributed by atoms with Crippen molar-refractivity contribution in [2.45, 2.75) is 95.6 Å². The number of nitrogens with zero attached hydrogens (tertiary/aromatic N) is 5. The summed E-state index contributed by atoms with van der Waals surface area (Å²) < 4.78 is 41.8. The Labute approximate surface area is 309 Å². The van der Waals surface area contributed by atoms with E-state index in [9.17, 15) is 4.79 Å². The molecule has 4 bridgehead atoms. The van der Waals surface area contributed by atoms with Gasteiger partial charge in [-0.1, -0.05) is 35.9 Å². The van der Waals surface area contributed by atoms with Crippen LogP contribution in [0, 0.1) is 5.82 Å². The van der Waals surface area contributed by atoms with Crippen LogP contribution in [0.25, 0.3) is 32.8 Å². The molecule has 52 heavy (non-hydrogen) atoms. The Kier molecular flexibility index (Phi) is 9.74. The second-order valence-corrected chi connectivity index (χ2v) is 16.2. The summed E-state index contributed by atoms with van der Waals surface area (Å²) in [6.45, 7) is 10.3. The number of anilines is 1. The summed E-state index contributed by atoms with van der Waals surface area (Å²) in [5.41, 5.74) is 0.640. The smallest absolute Gasteiger partial charge is 0.410 e. The third-order valence-electron chi connectivity index (χ3n) is 11.2. The number of rotatable bonds is 10. The van der Waals surface area contributed by atoms with Crippen LogP contribution in [0.2, 0.25) is 5.02 Å². The predicted molar refractivity (Wildman–Crippen MR) is 201 cm³/mol. The lowest BCUT2D eigenvalue weighted by Crippen LogP contribution is -2.57. The van der Waals surface area contributed by atoms with Crippen LogP contribution in [0.15, 0.2) is 42.5 Å². The molecule has 3 aromatic carbocycles. The van der Waals surface area contributed by atoms with E-state index in [1.54, 1.807) is 7.11 Å². The van der Waals surface area contributed by atoms with Gasteiger partial charge in [0.25, 0.3) is 0 Å². The number of carbonyl (C=O) groups excluding carboxylic acids is 1. The zero-order valence-electron chi connectivity index (χ0n) is 30.6. The lowest BCUT2D eigenvalue weighted by molar-refractivity contribution is -0.0151. The number of hydrogen-bond donors (Lipinski definition) is 0. The minimum atomic E-state index is -0.573. The van der Waals surface area contributed by atoms with Crippen molar-refractivity contribution in [1.29, 1.82) is 0 Å². The minimum Gasteiger partial charge on any atom is -0.468 e. The number of aromatic nitrogens is 2. The molecule has 4 fully saturated rings. The highest BCUT2D eigenvalue weighted by Crippen LogP contribution is 2.44. The van der Waals surface area contributed by atoms with Crippen LogP contribution < -0.4 is 9.64 Å². The number of morpholine rings is 1. The lowest BCUT2D eigenvalue weighted by Gasteiger charge is -2.42. The molecule has 10 nitrogen and oxygen atoms in total. The van der Waals surface area contributed by atoms with Gasteiger partial charge in [-0.2, -0.15) is 5.10 Å². The van der Waals surface area contributed by atoms with Crippen molar-refractivity contribution in [3.05, 3.63) is 53.3 Å². The molecular weight excluding hydrogens is 685 g/mol. The standard InChI is InChI=1S/C40H49ClFN5O5/c1-40(2,3)52-39(48)47-26-11-12-27(47)21-44(20-26)38-33-19-34(41)35(32-18-30(51-24-49-4)17-25-9-5-6-10-31(25)32)36(42)37(33)43-46(38)16-8-7-15-45-28-13-14-29(45)23-50-22-28/h5-6,9-10,17-19,26-29H,7-8,11-16,20-24H2,1-4H3. The summed E-state index contributed by atoms with van der Waals surface area (Å²) in [6.07, 6.45) is 5.83. The maximum absolute atomic E-state index is 17.2. The molecule has 0 aliphatic carbocycles. The summed E-state index contributed by atoms with van der Waals surface area (Å²) in [4.78, 5) is 20.2. The van der Waals surface area contributed by atoms with Crippen molar-refractivity contribution in [3.8, 4) is 16.9 Å². The largest absolute Gasteiger partial charge is 0.468 e. The van der Waals surface area contributed by atoms with E-state index in [0.29, 0.717) is 59.0 Å². The molecule has 12 heteroatoms. The summed E-state index contributed by atoms with van der Waals surface area (Å²) in [5, 5.41) is 7.76. The van der Waals surface area contributed by atoms with E-state index in [-0.39, 0.29) is 30.5 Å². The molecule has 8 rings (SSSR count). The molecule has 5 heterocycles. The van der Waals surface area contributed by atoms with Crippen LogP contribution in [0.3, 0.4) is 0 Å². The highest BCUT2D eigenvalue weighted by atomic mass is 35.5. The molecule has 278 valence electrons. The predicted octanol–water partition coefficient (Wildman–Crippen LogP) is 7.86. The van der Waals surface area contributed by atoms with Gasteiger partial charge in [-0.25, -0.2) is 13.9 Å². The van der Waals surface area contributed by atoms with Crippen molar-refractivity contribution in [1.82, 2.24) is 19.6 Å². The van der Waals surface area contributed by atoms with E-state index in [2.05, 4.69) is 9.80 Å². The first-order valence-corrected chi connectivity index (χ1v) is 19.1. The van der Waals surface area contributed by atoms with Gasteiger partial charge in [-0.15, -0.1) is 0 Å². The highest BCUT2D eigenvalue weighted by Gasteiger charge is 2.45. The molecule has 0 saturated carbocycles. The van der Waals surface area contributed by atoms with Gasteiger partial charge in [-0.05, 0) is 100 Å². The second-order valence-electron chi connectivity index (χ2n) is 15.8. The van der Waals surface area contributed by atoms with E-state index in [1.807, 2.05) is 72.8 Å². The summed E-state index contributed by atoms with van der Waals surface area (Å²) in [7, 11) is 1.57. The van der Waals surface area contributed by atoms with Crippen LogP contribution in [-0.2, 0) is 20.8 Å². The zero-order chi connectivity index (χ0) is 36.1.